The molecule has 2 aromatic carbocycles. The van der Waals surface area contributed by atoms with E-state index in [0.717, 1.165) is 11.3 Å². The van der Waals surface area contributed by atoms with Crippen LogP contribution in [0.2, 0.25) is 0 Å². The number of imide groups is 1. The Labute approximate surface area is 165 Å². The molecule has 1 fully saturated rings. The normalized spacial score (nSPS) is 23.2. The number of hydrogen-bond donors (Lipinski definition) is 0. The van der Waals surface area contributed by atoms with Gasteiger partial charge < -0.3 is 9.47 Å². The van der Waals surface area contributed by atoms with Gasteiger partial charge in [0.05, 0.1) is 23.3 Å². The van der Waals surface area contributed by atoms with Gasteiger partial charge in [0.25, 0.3) is 0 Å². The number of anilines is 1. The molecule has 2 heterocycles. The van der Waals surface area contributed by atoms with E-state index >= 15 is 0 Å². The van der Waals surface area contributed by atoms with Crippen molar-refractivity contribution in [3.05, 3.63) is 53.6 Å². The molecule has 0 aromatic heterocycles. The molecule has 0 aliphatic carbocycles. The van der Waals surface area contributed by atoms with Crippen molar-refractivity contribution in [1.29, 1.82) is 0 Å². The fourth-order valence-electron chi connectivity index (χ4n) is 3.85. The molecule has 1 atom stereocenters. The maximum Gasteiger partial charge on any atom is 0.240 e. The molecule has 0 bridgehead atoms. The van der Waals surface area contributed by atoms with Crippen LogP contribution in [0.3, 0.4) is 0 Å². The standard InChI is InChI=1S/C23H25NO4/c1-5-23(4)13-20(25)24(21(23)26)16-7-10-17(11-8-16)28-18-9-6-15-14-27-22(2,3)19(15)12-18/h6-12H,5,13-14H2,1-4H3/t23-/m0/s1. The van der Waals surface area contributed by atoms with Gasteiger partial charge in [-0.05, 0) is 67.8 Å². The third-order valence-corrected chi connectivity index (χ3v) is 5.94. The molecule has 0 spiro atoms. The summed E-state index contributed by atoms with van der Waals surface area (Å²) in [5.74, 6) is 1.10. The summed E-state index contributed by atoms with van der Waals surface area (Å²) in [6.07, 6.45) is 0.904. The zero-order valence-corrected chi connectivity index (χ0v) is 16.7. The maximum absolute atomic E-state index is 12.7. The highest BCUT2D eigenvalue weighted by Crippen LogP contribution is 2.40. The minimum atomic E-state index is -0.606. The fourth-order valence-corrected chi connectivity index (χ4v) is 3.85. The van der Waals surface area contributed by atoms with E-state index in [1.165, 1.54) is 10.5 Å². The van der Waals surface area contributed by atoms with E-state index < -0.39 is 5.41 Å². The van der Waals surface area contributed by atoms with Crippen molar-refractivity contribution in [3.63, 3.8) is 0 Å². The number of nitrogens with zero attached hydrogens (tertiary/aromatic N) is 1. The lowest BCUT2D eigenvalue weighted by Gasteiger charge is -2.20. The summed E-state index contributed by atoms with van der Waals surface area (Å²) in [6, 6.07) is 13.0. The van der Waals surface area contributed by atoms with Gasteiger partial charge in [0.2, 0.25) is 11.8 Å². The average molecular weight is 379 g/mol. The quantitative estimate of drug-likeness (QED) is 0.707. The van der Waals surface area contributed by atoms with Gasteiger partial charge >= 0.3 is 0 Å². The SMILES string of the molecule is CC[C@@]1(C)CC(=O)N(c2ccc(Oc3ccc4c(c3)C(C)(C)OC4)cc2)C1=O. The van der Waals surface area contributed by atoms with Gasteiger partial charge in [0.1, 0.15) is 11.5 Å². The van der Waals surface area contributed by atoms with Crippen molar-refractivity contribution in [2.24, 2.45) is 5.41 Å². The topological polar surface area (TPSA) is 55.8 Å². The van der Waals surface area contributed by atoms with E-state index in [9.17, 15) is 9.59 Å². The molecule has 146 valence electrons. The molecule has 1 saturated heterocycles. The Kier molecular flexibility index (Phi) is 4.31. The summed E-state index contributed by atoms with van der Waals surface area (Å²) in [6.45, 7) is 8.50. The number of ether oxygens (including phenoxy) is 2. The summed E-state index contributed by atoms with van der Waals surface area (Å²) in [4.78, 5) is 26.3. The van der Waals surface area contributed by atoms with E-state index in [2.05, 4.69) is 0 Å². The van der Waals surface area contributed by atoms with Gasteiger partial charge in [-0.2, -0.15) is 0 Å². The highest BCUT2D eigenvalue weighted by molar-refractivity contribution is 6.22. The summed E-state index contributed by atoms with van der Waals surface area (Å²) in [7, 11) is 0. The molecule has 4 rings (SSSR count). The highest BCUT2D eigenvalue weighted by Gasteiger charge is 2.47. The minimum Gasteiger partial charge on any atom is -0.457 e. The van der Waals surface area contributed by atoms with Crippen molar-refractivity contribution in [3.8, 4) is 11.5 Å². The Balaban J connectivity index is 1.54. The molecule has 2 aromatic rings. The predicted octanol–water partition coefficient (Wildman–Crippen LogP) is 4.92. The van der Waals surface area contributed by atoms with E-state index in [1.807, 2.05) is 45.9 Å². The van der Waals surface area contributed by atoms with Crippen LogP contribution >= 0.6 is 0 Å². The Morgan fingerprint density at radius 1 is 1.04 bits per heavy atom. The molecule has 2 aliphatic heterocycles. The number of hydrogen-bond acceptors (Lipinski definition) is 4. The van der Waals surface area contributed by atoms with Crippen LogP contribution in [0.1, 0.15) is 51.7 Å². The van der Waals surface area contributed by atoms with Crippen LogP contribution in [0.25, 0.3) is 0 Å². The molecule has 0 saturated carbocycles. The number of carbonyl (C=O) groups excluding carboxylic acids is 2. The molecular formula is C23H25NO4. The number of benzene rings is 2. The van der Waals surface area contributed by atoms with Crippen molar-refractivity contribution >= 4 is 17.5 Å². The largest absolute Gasteiger partial charge is 0.457 e. The van der Waals surface area contributed by atoms with Gasteiger partial charge in [0, 0.05) is 6.42 Å². The number of carbonyl (C=O) groups is 2. The molecule has 0 unspecified atom stereocenters. The molecule has 2 aliphatic rings. The van der Waals surface area contributed by atoms with Crippen LogP contribution in [0.4, 0.5) is 5.69 Å². The zero-order valence-electron chi connectivity index (χ0n) is 16.7. The van der Waals surface area contributed by atoms with Crippen molar-refractivity contribution in [2.45, 2.75) is 52.7 Å². The predicted molar refractivity (Wildman–Crippen MR) is 106 cm³/mol. The number of fused-ring (bicyclic) bond motifs is 1. The van der Waals surface area contributed by atoms with Gasteiger partial charge in [-0.1, -0.05) is 19.9 Å². The van der Waals surface area contributed by atoms with E-state index in [1.54, 1.807) is 24.3 Å². The minimum absolute atomic E-state index is 0.130. The van der Waals surface area contributed by atoms with Gasteiger partial charge in [-0.15, -0.1) is 0 Å². The van der Waals surface area contributed by atoms with Crippen molar-refractivity contribution in [2.75, 3.05) is 4.90 Å². The van der Waals surface area contributed by atoms with Crippen LogP contribution in [-0.2, 0) is 26.5 Å². The first kappa shape index (κ1) is 18.7. The molecule has 2 amide bonds. The molecule has 5 heteroatoms. The fraction of sp³-hybridized carbons (Fsp3) is 0.391. The smallest absolute Gasteiger partial charge is 0.240 e. The molecule has 28 heavy (non-hydrogen) atoms. The molecule has 5 nitrogen and oxygen atoms in total. The first-order chi connectivity index (χ1) is 13.2. The summed E-state index contributed by atoms with van der Waals surface area (Å²) >= 11 is 0. The van der Waals surface area contributed by atoms with E-state index in [4.69, 9.17) is 9.47 Å². The maximum atomic E-state index is 12.7. The second-order valence-corrected chi connectivity index (χ2v) is 8.34. The van der Waals surface area contributed by atoms with Gasteiger partial charge in [0.15, 0.2) is 0 Å². The molecule has 0 radical (unpaired) electrons. The van der Waals surface area contributed by atoms with Crippen LogP contribution in [0.5, 0.6) is 11.5 Å². The van der Waals surface area contributed by atoms with E-state index in [0.29, 0.717) is 24.5 Å². The lowest BCUT2D eigenvalue weighted by molar-refractivity contribution is -0.125. The van der Waals surface area contributed by atoms with Crippen LogP contribution in [-0.4, -0.2) is 11.8 Å². The molecule has 0 N–H and O–H groups in total. The Bertz CT molecular complexity index is 948. The van der Waals surface area contributed by atoms with Gasteiger partial charge in [-0.25, -0.2) is 0 Å². The first-order valence-electron chi connectivity index (χ1n) is 9.66. The van der Waals surface area contributed by atoms with E-state index in [-0.39, 0.29) is 23.8 Å². The van der Waals surface area contributed by atoms with Crippen LogP contribution in [0.15, 0.2) is 42.5 Å². The third kappa shape index (κ3) is 3.00. The summed E-state index contributed by atoms with van der Waals surface area (Å²) in [5.41, 5.74) is 1.97. The Morgan fingerprint density at radius 2 is 1.71 bits per heavy atom. The average Bonchev–Trinajstić information content (AvgIpc) is 3.09. The second kappa shape index (κ2) is 6.45. The van der Waals surface area contributed by atoms with Crippen molar-refractivity contribution < 1.29 is 19.1 Å². The number of rotatable bonds is 4. The number of amides is 2. The highest BCUT2D eigenvalue weighted by atomic mass is 16.5. The van der Waals surface area contributed by atoms with Crippen LogP contribution < -0.4 is 9.64 Å². The van der Waals surface area contributed by atoms with Crippen LogP contribution in [0, 0.1) is 5.41 Å². The summed E-state index contributed by atoms with van der Waals surface area (Å²) in [5, 5.41) is 0. The van der Waals surface area contributed by atoms with Crippen molar-refractivity contribution in [1.82, 2.24) is 0 Å². The summed E-state index contributed by atoms with van der Waals surface area (Å²) < 4.78 is 11.8. The lowest BCUT2D eigenvalue weighted by atomic mass is 9.86. The molecular weight excluding hydrogens is 354 g/mol. The third-order valence-electron chi connectivity index (χ3n) is 5.94. The lowest BCUT2D eigenvalue weighted by Crippen LogP contribution is -2.33. The second-order valence-electron chi connectivity index (χ2n) is 8.34. The monoisotopic (exact) mass is 379 g/mol. The Hall–Kier alpha value is -2.66. The zero-order chi connectivity index (χ0) is 20.1. The van der Waals surface area contributed by atoms with Gasteiger partial charge in [-0.3, -0.25) is 14.5 Å². The first-order valence-corrected chi connectivity index (χ1v) is 9.66. The Morgan fingerprint density at radius 3 is 2.36 bits per heavy atom.